The second kappa shape index (κ2) is 5.34. The number of hydrogen-bond acceptors (Lipinski definition) is 4. The number of urea groups is 1. The average molecular weight is 270 g/mol. The number of nitrogens with one attached hydrogen (secondary N) is 1. The second-order valence-electron chi connectivity index (χ2n) is 5.74. The summed E-state index contributed by atoms with van der Waals surface area (Å²) >= 11 is 0. The number of carboxylic acid groups (broad SMARTS) is 1. The minimum Gasteiger partial charge on any atom is -0.481 e. The third-order valence-electron chi connectivity index (χ3n) is 4.03. The molecule has 1 atom stereocenters. The van der Waals surface area contributed by atoms with E-state index in [0.29, 0.717) is 13.0 Å². The van der Waals surface area contributed by atoms with E-state index in [-0.39, 0.29) is 12.6 Å². The van der Waals surface area contributed by atoms with Crippen LogP contribution in [0, 0.1) is 5.41 Å². The van der Waals surface area contributed by atoms with Crippen molar-refractivity contribution in [3.63, 3.8) is 0 Å². The summed E-state index contributed by atoms with van der Waals surface area (Å²) in [5.41, 5.74) is 2.05. The maximum atomic E-state index is 12.1. The number of likely N-dealkylation sites (tertiary alicyclic amines) is 1. The van der Waals surface area contributed by atoms with Gasteiger partial charge in [0.05, 0.1) is 5.41 Å². The Morgan fingerprint density at radius 3 is 2.32 bits per heavy atom. The molecule has 2 aliphatic rings. The lowest BCUT2D eigenvalue weighted by atomic mass is 9.90. The minimum atomic E-state index is -0.831. The highest BCUT2D eigenvalue weighted by Crippen LogP contribution is 2.29. The Hall–Kier alpha value is -1.34. The Labute approximate surface area is 113 Å². The fourth-order valence-corrected chi connectivity index (χ4v) is 2.43. The molecule has 108 valence electrons. The van der Waals surface area contributed by atoms with E-state index < -0.39 is 11.4 Å². The third kappa shape index (κ3) is 3.16. The molecule has 19 heavy (non-hydrogen) atoms. The topological polar surface area (TPSA) is 76.1 Å². The molecule has 2 rings (SSSR count). The van der Waals surface area contributed by atoms with Crippen molar-refractivity contribution in [2.24, 2.45) is 5.41 Å². The molecule has 0 aromatic carbocycles. The largest absolute Gasteiger partial charge is 0.481 e. The lowest BCUT2D eigenvalue weighted by Crippen LogP contribution is -2.55. The van der Waals surface area contributed by atoms with Crippen LogP contribution < -0.4 is 5.43 Å². The fourth-order valence-electron chi connectivity index (χ4n) is 2.43. The Morgan fingerprint density at radius 2 is 1.79 bits per heavy atom. The van der Waals surface area contributed by atoms with Gasteiger partial charge in [-0.1, -0.05) is 0 Å². The number of rotatable bonds is 2. The lowest BCUT2D eigenvalue weighted by molar-refractivity contribution is -0.147. The standard InChI is InChI=1S/C12H22N4O3/c1-12(10(17)18)3-4-15(9-12)11(19)13-16-7-5-14(2)6-8-16/h3-9H2,1-2H3,(H,13,19)(H,17,18). The molecule has 0 radical (unpaired) electrons. The van der Waals surface area contributed by atoms with Crippen LogP contribution in [0.25, 0.3) is 0 Å². The first-order valence-corrected chi connectivity index (χ1v) is 6.63. The van der Waals surface area contributed by atoms with E-state index in [9.17, 15) is 9.59 Å². The van der Waals surface area contributed by atoms with Gasteiger partial charge in [-0.3, -0.25) is 10.2 Å². The van der Waals surface area contributed by atoms with Crippen molar-refractivity contribution in [3.8, 4) is 0 Å². The highest BCUT2D eigenvalue weighted by atomic mass is 16.4. The second-order valence-corrected chi connectivity index (χ2v) is 5.74. The van der Waals surface area contributed by atoms with Gasteiger partial charge in [-0.15, -0.1) is 0 Å². The molecule has 0 spiro atoms. The number of aliphatic carboxylic acids is 1. The summed E-state index contributed by atoms with van der Waals surface area (Å²) < 4.78 is 0. The lowest BCUT2D eigenvalue weighted by Gasteiger charge is -2.33. The number of hydrazine groups is 1. The van der Waals surface area contributed by atoms with E-state index in [4.69, 9.17) is 5.11 Å². The first-order chi connectivity index (χ1) is 8.90. The van der Waals surface area contributed by atoms with Crippen molar-refractivity contribution < 1.29 is 14.7 Å². The predicted octanol–water partition coefficient (Wildman–Crippen LogP) is -0.345. The van der Waals surface area contributed by atoms with Crippen molar-refractivity contribution in [2.75, 3.05) is 46.3 Å². The van der Waals surface area contributed by atoms with Crippen LogP contribution in [-0.4, -0.2) is 78.2 Å². The summed E-state index contributed by atoms with van der Waals surface area (Å²) in [4.78, 5) is 27.0. The molecule has 2 aliphatic heterocycles. The van der Waals surface area contributed by atoms with Crippen molar-refractivity contribution in [1.82, 2.24) is 20.2 Å². The molecule has 7 nitrogen and oxygen atoms in total. The molecule has 0 aromatic rings. The zero-order valence-electron chi connectivity index (χ0n) is 11.6. The third-order valence-corrected chi connectivity index (χ3v) is 4.03. The van der Waals surface area contributed by atoms with E-state index in [0.717, 1.165) is 26.2 Å². The van der Waals surface area contributed by atoms with Gasteiger partial charge in [0.25, 0.3) is 0 Å². The van der Waals surface area contributed by atoms with E-state index in [2.05, 4.69) is 17.4 Å². The molecule has 2 heterocycles. The van der Waals surface area contributed by atoms with Crippen LogP contribution in [0.1, 0.15) is 13.3 Å². The highest BCUT2D eigenvalue weighted by Gasteiger charge is 2.42. The average Bonchev–Trinajstić information content (AvgIpc) is 2.76. The number of hydrogen-bond donors (Lipinski definition) is 2. The van der Waals surface area contributed by atoms with Gasteiger partial charge in [0.1, 0.15) is 0 Å². The van der Waals surface area contributed by atoms with Crippen molar-refractivity contribution in [1.29, 1.82) is 0 Å². The van der Waals surface area contributed by atoms with Crippen molar-refractivity contribution in [2.45, 2.75) is 13.3 Å². The Kier molecular flexibility index (Phi) is 3.96. The zero-order valence-corrected chi connectivity index (χ0v) is 11.6. The van der Waals surface area contributed by atoms with Gasteiger partial charge < -0.3 is 14.9 Å². The van der Waals surface area contributed by atoms with Gasteiger partial charge >= 0.3 is 12.0 Å². The molecule has 2 saturated heterocycles. The molecule has 7 heteroatoms. The molecule has 2 fully saturated rings. The number of piperazine rings is 1. The monoisotopic (exact) mass is 270 g/mol. The molecule has 0 aliphatic carbocycles. The maximum Gasteiger partial charge on any atom is 0.331 e. The van der Waals surface area contributed by atoms with E-state index in [1.165, 1.54) is 0 Å². The molecular formula is C12H22N4O3. The van der Waals surface area contributed by atoms with Crippen LogP contribution in [0.2, 0.25) is 0 Å². The van der Waals surface area contributed by atoms with Gasteiger partial charge in [0.2, 0.25) is 0 Å². The number of carbonyl (C=O) groups excluding carboxylic acids is 1. The quantitative estimate of drug-likeness (QED) is 0.717. The van der Waals surface area contributed by atoms with Crippen molar-refractivity contribution in [3.05, 3.63) is 0 Å². The Morgan fingerprint density at radius 1 is 1.16 bits per heavy atom. The summed E-state index contributed by atoms with van der Waals surface area (Å²) in [6.45, 7) is 5.92. The predicted molar refractivity (Wildman–Crippen MR) is 69.5 cm³/mol. The van der Waals surface area contributed by atoms with E-state index in [1.807, 2.05) is 5.01 Å². The van der Waals surface area contributed by atoms with Gasteiger partial charge in [-0.25, -0.2) is 9.80 Å². The molecular weight excluding hydrogens is 248 g/mol. The Balaban J connectivity index is 1.83. The zero-order chi connectivity index (χ0) is 14.0. The number of amides is 2. The van der Waals surface area contributed by atoms with Crippen LogP contribution in [-0.2, 0) is 4.79 Å². The smallest absolute Gasteiger partial charge is 0.331 e. The number of carboxylic acids is 1. The summed E-state index contributed by atoms with van der Waals surface area (Å²) in [6, 6.07) is -0.186. The molecule has 2 N–H and O–H groups in total. The van der Waals surface area contributed by atoms with Crippen LogP contribution in [0.5, 0.6) is 0 Å². The number of carbonyl (C=O) groups is 2. The molecule has 0 saturated carbocycles. The normalized spacial score (nSPS) is 29.5. The van der Waals surface area contributed by atoms with E-state index in [1.54, 1.807) is 11.8 Å². The molecule has 0 aromatic heterocycles. The minimum absolute atomic E-state index is 0.186. The van der Waals surface area contributed by atoms with Gasteiger partial charge in [0, 0.05) is 39.3 Å². The van der Waals surface area contributed by atoms with Crippen LogP contribution >= 0.6 is 0 Å². The maximum absolute atomic E-state index is 12.1. The van der Waals surface area contributed by atoms with Crippen LogP contribution in [0.3, 0.4) is 0 Å². The van der Waals surface area contributed by atoms with Gasteiger partial charge in [0.15, 0.2) is 0 Å². The molecule has 1 unspecified atom stereocenters. The first-order valence-electron chi connectivity index (χ1n) is 6.63. The Bertz CT molecular complexity index is 368. The highest BCUT2D eigenvalue weighted by molar-refractivity contribution is 5.79. The summed E-state index contributed by atoms with van der Waals surface area (Å²) in [5, 5.41) is 11.0. The van der Waals surface area contributed by atoms with Crippen LogP contribution in [0.15, 0.2) is 0 Å². The molecule has 2 amide bonds. The summed E-state index contributed by atoms with van der Waals surface area (Å²) in [5.74, 6) is -0.831. The van der Waals surface area contributed by atoms with E-state index >= 15 is 0 Å². The van der Waals surface area contributed by atoms with Crippen molar-refractivity contribution >= 4 is 12.0 Å². The summed E-state index contributed by atoms with van der Waals surface area (Å²) in [7, 11) is 2.05. The number of likely N-dealkylation sites (N-methyl/N-ethyl adjacent to an activating group) is 1. The first kappa shape index (κ1) is 14.1. The van der Waals surface area contributed by atoms with Gasteiger partial charge in [-0.05, 0) is 20.4 Å². The fraction of sp³-hybridized carbons (Fsp3) is 0.833. The van der Waals surface area contributed by atoms with Crippen LogP contribution in [0.4, 0.5) is 4.79 Å². The SMILES string of the molecule is CN1CCN(NC(=O)N2CCC(C)(C(=O)O)C2)CC1. The number of nitrogens with zero attached hydrogens (tertiary/aromatic N) is 3. The summed E-state index contributed by atoms with van der Waals surface area (Å²) in [6.07, 6.45) is 0.512. The van der Waals surface area contributed by atoms with Gasteiger partial charge in [-0.2, -0.15) is 0 Å². The molecule has 0 bridgehead atoms.